The Bertz CT molecular complexity index is 514. The molecule has 2 saturated heterocycles. The van der Waals surface area contributed by atoms with Crippen molar-refractivity contribution in [2.75, 3.05) is 30.9 Å². The second kappa shape index (κ2) is 7.89. The molecular formula is C18H25NOS2. The first-order chi connectivity index (χ1) is 10.8. The van der Waals surface area contributed by atoms with Gasteiger partial charge < -0.3 is 0 Å². The number of likely N-dealkylation sites (tertiary alicyclic amines) is 1. The van der Waals surface area contributed by atoms with Crippen molar-refractivity contribution in [3.8, 4) is 0 Å². The predicted molar refractivity (Wildman–Crippen MR) is 97.2 cm³/mol. The van der Waals surface area contributed by atoms with Crippen molar-refractivity contribution in [1.29, 1.82) is 0 Å². The van der Waals surface area contributed by atoms with Gasteiger partial charge in [-0.1, -0.05) is 18.2 Å². The number of carbonyl (C=O) groups is 1. The molecule has 1 atom stereocenters. The lowest BCUT2D eigenvalue weighted by Gasteiger charge is -2.39. The normalized spacial score (nSPS) is 24.3. The second-order valence-electron chi connectivity index (χ2n) is 6.24. The summed E-state index contributed by atoms with van der Waals surface area (Å²) in [5, 5.41) is 0. The number of piperidine rings is 1. The van der Waals surface area contributed by atoms with E-state index in [1.165, 1.54) is 37.3 Å². The molecule has 3 rings (SSSR count). The number of hydrogen-bond donors (Lipinski definition) is 0. The number of Topliss-reactive ketones (excluding diaryl/α,β-unsaturated/α-hetero) is 1. The highest BCUT2D eigenvalue weighted by Crippen LogP contribution is 2.30. The van der Waals surface area contributed by atoms with Crippen molar-refractivity contribution >= 4 is 29.3 Å². The van der Waals surface area contributed by atoms with Gasteiger partial charge in [-0.25, -0.2) is 0 Å². The minimum Gasteiger partial charge on any atom is -0.300 e. The van der Waals surface area contributed by atoms with Gasteiger partial charge >= 0.3 is 0 Å². The SMILES string of the molecule is CSc1ccccc1C(=O)C1CCCN(C2CCSCC2)C1. The van der Waals surface area contributed by atoms with Crippen LogP contribution in [0.3, 0.4) is 0 Å². The van der Waals surface area contributed by atoms with E-state index in [4.69, 9.17) is 0 Å². The summed E-state index contributed by atoms with van der Waals surface area (Å²) in [5.41, 5.74) is 0.932. The van der Waals surface area contributed by atoms with Crippen molar-refractivity contribution in [2.45, 2.75) is 36.6 Å². The van der Waals surface area contributed by atoms with Gasteiger partial charge in [-0.05, 0) is 56.1 Å². The number of hydrogen-bond acceptors (Lipinski definition) is 4. The smallest absolute Gasteiger partial charge is 0.168 e. The largest absolute Gasteiger partial charge is 0.300 e. The van der Waals surface area contributed by atoms with E-state index in [2.05, 4.69) is 29.0 Å². The summed E-state index contributed by atoms with van der Waals surface area (Å²) in [5.74, 6) is 3.13. The molecule has 22 heavy (non-hydrogen) atoms. The Morgan fingerprint density at radius 1 is 1.23 bits per heavy atom. The number of rotatable bonds is 4. The van der Waals surface area contributed by atoms with E-state index in [9.17, 15) is 4.79 Å². The minimum atomic E-state index is 0.191. The van der Waals surface area contributed by atoms with E-state index in [1.807, 2.05) is 18.2 Å². The molecule has 1 unspecified atom stereocenters. The first kappa shape index (κ1) is 16.4. The number of ketones is 1. The monoisotopic (exact) mass is 335 g/mol. The highest BCUT2D eigenvalue weighted by molar-refractivity contribution is 7.99. The molecule has 0 aliphatic carbocycles. The van der Waals surface area contributed by atoms with Gasteiger partial charge in [0.2, 0.25) is 0 Å². The Hall–Kier alpha value is -0.450. The Kier molecular flexibility index (Phi) is 5.89. The standard InChI is InChI=1S/C18H25NOS2/c1-21-17-7-3-2-6-16(17)18(20)14-5-4-10-19(13-14)15-8-11-22-12-9-15/h2-3,6-7,14-15H,4-5,8-13H2,1H3. The van der Waals surface area contributed by atoms with E-state index >= 15 is 0 Å². The van der Waals surface area contributed by atoms with Crippen LogP contribution in [0.25, 0.3) is 0 Å². The van der Waals surface area contributed by atoms with Crippen LogP contribution < -0.4 is 0 Å². The van der Waals surface area contributed by atoms with Crippen molar-refractivity contribution in [3.63, 3.8) is 0 Å². The maximum atomic E-state index is 13.0. The van der Waals surface area contributed by atoms with E-state index in [-0.39, 0.29) is 5.92 Å². The maximum absolute atomic E-state index is 13.0. The van der Waals surface area contributed by atoms with Crippen molar-refractivity contribution in [1.82, 2.24) is 4.90 Å². The van der Waals surface area contributed by atoms with Gasteiger partial charge in [-0.3, -0.25) is 9.69 Å². The minimum absolute atomic E-state index is 0.191. The summed E-state index contributed by atoms with van der Waals surface area (Å²) >= 11 is 3.75. The van der Waals surface area contributed by atoms with Crippen LogP contribution in [0.1, 0.15) is 36.0 Å². The van der Waals surface area contributed by atoms with Gasteiger partial charge in [0.1, 0.15) is 0 Å². The molecule has 0 saturated carbocycles. The highest BCUT2D eigenvalue weighted by Gasteiger charge is 2.31. The molecule has 0 bridgehead atoms. The number of carbonyl (C=O) groups excluding carboxylic acids is 1. The zero-order valence-electron chi connectivity index (χ0n) is 13.3. The van der Waals surface area contributed by atoms with Gasteiger partial charge in [0.05, 0.1) is 0 Å². The molecule has 2 heterocycles. The lowest BCUT2D eigenvalue weighted by Crippen LogP contribution is -2.46. The molecule has 2 nitrogen and oxygen atoms in total. The zero-order valence-corrected chi connectivity index (χ0v) is 14.9. The average Bonchev–Trinajstić information content (AvgIpc) is 2.62. The van der Waals surface area contributed by atoms with Gasteiger partial charge in [-0.2, -0.15) is 11.8 Å². The van der Waals surface area contributed by atoms with Crippen LogP contribution in [0.2, 0.25) is 0 Å². The Labute approximate surface area is 142 Å². The molecule has 2 fully saturated rings. The topological polar surface area (TPSA) is 20.3 Å². The summed E-state index contributed by atoms with van der Waals surface area (Å²) in [6.45, 7) is 2.15. The molecule has 4 heteroatoms. The van der Waals surface area contributed by atoms with E-state index in [1.54, 1.807) is 11.8 Å². The van der Waals surface area contributed by atoms with E-state index in [0.717, 1.165) is 23.4 Å². The zero-order chi connectivity index (χ0) is 15.4. The molecule has 0 N–H and O–H groups in total. The third-order valence-electron chi connectivity index (χ3n) is 4.90. The Balaban J connectivity index is 1.69. The molecule has 120 valence electrons. The van der Waals surface area contributed by atoms with E-state index in [0.29, 0.717) is 11.8 Å². The van der Waals surface area contributed by atoms with Gasteiger partial charge in [-0.15, -0.1) is 11.8 Å². The first-order valence-electron chi connectivity index (χ1n) is 8.28. The Morgan fingerprint density at radius 3 is 2.77 bits per heavy atom. The lowest BCUT2D eigenvalue weighted by molar-refractivity contribution is 0.0738. The van der Waals surface area contributed by atoms with Crippen LogP contribution in [0.4, 0.5) is 0 Å². The van der Waals surface area contributed by atoms with Gasteiger partial charge in [0.15, 0.2) is 5.78 Å². The van der Waals surface area contributed by atoms with Crippen LogP contribution >= 0.6 is 23.5 Å². The average molecular weight is 336 g/mol. The number of thioether (sulfide) groups is 2. The first-order valence-corrected chi connectivity index (χ1v) is 10.7. The maximum Gasteiger partial charge on any atom is 0.168 e. The summed E-state index contributed by atoms with van der Waals surface area (Å²) in [7, 11) is 0. The van der Waals surface area contributed by atoms with Crippen molar-refractivity contribution in [2.24, 2.45) is 5.92 Å². The molecule has 0 amide bonds. The van der Waals surface area contributed by atoms with E-state index < -0.39 is 0 Å². The van der Waals surface area contributed by atoms with Gasteiger partial charge in [0.25, 0.3) is 0 Å². The second-order valence-corrected chi connectivity index (χ2v) is 8.31. The molecule has 2 aliphatic rings. The quantitative estimate of drug-likeness (QED) is 0.607. The molecule has 0 spiro atoms. The Morgan fingerprint density at radius 2 is 2.00 bits per heavy atom. The summed E-state index contributed by atoms with van der Waals surface area (Å²) in [6.07, 6.45) is 6.87. The van der Waals surface area contributed by atoms with Crippen LogP contribution in [0.5, 0.6) is 0 Å². The summed E-state index contributed by atoms with van der Waals surface area (Å²) in [6, 6.07) is 8.80. The fraction of sp³-hybridized carbons (Fsp3) is 0.611. The molecule has 0 aromatic heterocycles. The fourth-order valence-corrected chi connectivity index (χ4v) is 5.36. The fourth-order valence-electron chi connectivity index (χ4n) is 3.67. The lowest BCUT2D eigenvalue weighted by atomic mass is 9.88. The third kappa shape index (κ3) is 3.72. The molecule has 1 aromatic rings. The van der Waals surface area contributed by atoms with Crippen molar-refractivity contribution < 1.29 is 4.79 Å². The molecule has 2 aliphatic heterocycles. The van der Waals surface area contributed by atoms with Gasteiger partial charge in [0, 0.05) is 29.0 Å². The summed E-state index contributed by atoms with van der Waals surface area (Å²) < 4.78 is 0. The van der Waals surface area contributed by atoms with Crippen LogP contribution in [-0.4, -0.2) is 47.6 Å². The third-order valence-corrected chi connectivity index (χ3v) is 6.75. The van der Waals surface area contributed by atoms with Crippen LogP contribution in [0.15, 0.2) is 29.2 Å². The highest BCUT2D eigenvalue weighted by atomic mass is 32.2. The summed E-state index contributed by atoms with van der Waals surface area (Å²) in [4.78, 5) is 16.7. The number of benzene rings is 1. The van der Waals surface area contributed by atoms with Crippen molar-refractivity contribution in [3.05, 3.63) is 29.8 Å². The molecular weight excluding hydrogens is 310 g/mol. The van der Waals surface area contributed by atoms with Crippen LogP contribution in [-0.2, 0) is 0 Å². The number of nitrogens with zero attached hydrogens (tertiary/aromatic N) is 1. The van der Waals surface area contributed by atoms with Crippen LogP contribution in [0, 0.1) is 5.92 Å². The predicted octanol–water partition coefficient (Wildman–Crippen LogP) is 4.20. The molecule has 0 radical (unpaired) electrons. The molecule has 1 aromatic carbocycles.